The van der Waals surface area contributed by atoms with Crippen LogP contribution < -0.4 is 10.6 Å². The molecule has 2 N–H and O–H groups in total. The van der Waals surface area contributed by atoms with E-state index < -0.39 is 0 Å². The molecule has 84 valence electrons. The molecule has 3 nitrogen and oxygen atoms in total. The van der Waals surface area contributed by atoms with Crippen LogP contribution in [0.3, 0.4) is 0 Å². The number of hydrogen-bond donors (Lipinski definition) is 1. The summed E-state index contributed by atoms with van der Waals surface area (Å²) >= 11 is 0. The van der Waals surface area contributed by atoms with Crippen LogP contribution in [0.2, 0.25) is 0 Å². The fourth-order valence-corrected chi connectivity index (χ4v) is 2.46. The standard InChI is InChI=1S/C13H17N3/c1-2-11-4-3-7-16(11)13-6-5-10(9-14)8-12(13)15/h5-6,8,11H,2-4,7,15H2,1H3. The van der Waals surface area contributed by atoms with Crippen molar-refractivity contribution in [1.29, 1.82) is 5.26 Å². The second-order valence-electron chi connectivity index (χ2n) is 4.28. The molecule has 1 aromatic carbocycles. The molecule has 1 aliphatic rings. The molecule has 0 saturated carbocycles. The summed E-state index contributed by atoms with van der Waals surface area (Å²) in [5.74, 6) is 0. The molecule has 0 radical (unpaired) electrons. The fraction of sp³-hybridized carbons (Fsp3) is 0.462. The number of anilines is 2. The predicted molar refractivity (Wildman–Crippen MR) is 66.2 cm³/mol. The second-order valence-corrected chi connectivity index (χ2v) is 4.28. The van der Waals surface area contributed by atoms with Crippen molar-refractivity contribution in [1.82, 2.24) is 0 Å². The lowest BCUT2D eigenvalue weighted by Gasteiger charge is -2.27. The average molecular weight is 215 g/mol. The number of nitrogens with zero attached hydrogens (tertiary/aromatic N) is 2. The Labute approximate surface area is 96.5 Å². The highest BCUT2D eigenvalue weighted by Gasteiger charge is 2.24. The molecular weight excluding hydrogens is 198 g/mol. The van der Waals surface area contributed by atoms with E-state index >= 15 is 0 Å². The molecule has 16 heavy (non-hydrogen) atoms. The van der Waals surface area contributed by atoms with Crippen LogP contribution in [0.25, 0.3) is 0 Å². The molecule has 1 atom stereocenters. The van der Waals surface area contributed by atoms with Gasteiger partial charge in [-0.05, 0) is 37.5 Å². The van der Waals surface area contributed by atoms with Crippen molar-refractivity contribution < 1.29 is 0 Å². The molecule has 2 rings (SSSR count). The zero-order valence-electron chi connectivity index (χ0n) is 9.61. The Morgan fingerprint density at radius 2 is 2.38 bits per heavy atom. The summed E-state index contributed by atoms with van der Waals surface area (Å²) in [4.78, 5) is 2.37. The quantitative estimate of drug-likeness (QED) is 0.771. The minimum Gasteiger partial charge on any atom is -0.397 e. The van der Waals surface area contributed by atoms with E-state index in [1.165, 1.54) is 12.8 Å². The van der Waals surface area contributed by atoms with Crippen LogP contribution >= 0.6 is 0 Å². The molecular formula is C13H17N3. The summed E-state index contributed by atoms with van der Waals surface area (Å²) in [5, 5.41) is 8.80. The Morgan fingerprint density at radius 1 is 1.56 bits per heavy atom. The maximum absolute atomic E-state index is 8.80. The van der Waals surface area contributed by atoms with Gasteiger partial charge in [-0.15, -0.1) is 0 Å². The molecule has 0 spiro atoms. The van der Waals surface area contributed by atoms with Gasteiger partial charge in [-0.2, -0.15) is 5.26 Å². The van der Waals surface area contributed by atoms with E-state index in [4.69, 9.17) is 11.0 Å². The van der Waals surface area contributed by atoms with E-state index in [0.717, 1.165) is 24.3 Å². The zero-order chi connectivity index (χ0) is 11.5. The van der Waals surface area contributed by atoms with Gasteiger partial charge in [0.15, 0.2) is 0 Å². The fourth-order valence-electron chi connectivity index (χ4n) is 2.46. The minimum atomic E-state index is 0.607. The van der Waals surface area contributed by atoms with Gasteiger partial charge in [0.2, 0.25) is 0 Å². The van der Waals surface area contributed by atoms with Crippen LogP contribution in [0.1, 0.15) is 31.7 Å². The van der Waals surface area contributed by atoms with Gasteiger partial charge in [0, 0.05) is 12.6 Å². The molecule has 1 heterocycles. The maximum Gasteiger partial charge on any atom is 0.0992 e. The van der Waals surface area contributed by atoms with Gasteiger partial charge >= 0.3 is 0 Å². The monoisotopic (exact) mass is 215 g/mol. The molecule has 3 heteroatoms. The topological polar surface area (TPSA) is 53.0 Å². The molecule has 0 aliphatic carbocycles. The first-order valence-electron chi connectivity index (χ1n) is 5.82. The molecule has 0 aromatic heterocycles. The van der Waals surface area contributed by atoms with Crippen molar-refractivity contribution in [2.45, 2.75) is 32.2 Å². The van der Waals surface area contributed by atoms with Crippen molar-refractivity contribution in [3.05, 3.63) is 23.8 Å². The lowest BCUT2D eigenvalue weighted by molar-refractivity contribution is 0.646. The van der Waals surface area contributed by atoms with Gasteiger partial charge in [-0.3, -0.25) is 0 Å². The van der Waals surface area contributed by atoms with Gasteiger partial charge in [0.05, 0.1) is 23.0 Å². The van der Waals surface area contributed by atoms with E-state index in [2.05, 4.69) is 17.9 Å². The van der Waals surface area contributed by atoms with Crippen LogP contribution in [-0.4, -0.2) is 12.6 Å². The third-order valence-corrected chi connectivity index (χ3v) is 3.31. The minimum absolute atomic E-state index is 0.607. The highest BCUT2D eigenvalue weighted by Crippen LogP contribution is 2.31. The van der Waals surface area contributed by atoms with E-state index in [-0.39, 0.29) is 0 Å². The number of benzene rings is 1. The van der Waals surface area contributed by atoms with Crippen molar-refractivity contribution >= 4 is 11.4 Å². The number of nitrogen functional groups attached to an aromatic ring is 1. The van der Waals surface area contributed by atoms with E-state index in [0.29, 0.717) is 11.6 Å². The van der Waals surface area contributed by atoms with Crippen LogP contribution in [0, 0.1) is 11.3 Å². The van der Waals surface area contributed by atoms with E-state index in [9.17, 15) is 0 Å². The largest absolute Gasteiger partial charge is 0.397 e. The van der Waals surface area contributed by atoms with Crippen LogP contribution in [0.5, 0.6) is 0 Å². The highest BCUT2D eigenvalue weighted by molar-refractivity contribution is 5.70. The Bertz CT molecular complexity index is 420. The van der Waals surface area contributed by atoms with Gasteiger partial charge in [0.25, 0.3) is 0 Å². The van der Waals surface area contributed by atoms with Crippen molar-refractivity contribution in [3.63, 3.8) is 0 Å². The molecule has 1 fully saturated rings. The predicted octanol–water partition coefficient (Wildman–Crippen LogP) is 2.52. The first-order valence-corrected chi connectivity index (χ1v) is 5.82. The Hall–Kier alpha value is -1.69. The summed E-state index contributed by atoms with van der Waals surface area (Å²) in [7, 11) is 0. The molecule has 1 saturated heterocycles. The lowest BCUT2D eigenvalue weighted by atomic mass is 10.1. The van der Waals surface area contributed by atoms with Gasteiger partial charge in [-0.1, -0.05) is 6.92 Å². The van der Waals surface area contributed by atoms with Crippen molar-refractivity contribution in [2.75, 3.05) is 17.2 Å². The molecule has 0 bridgehead atoms. The lowest BCUT2D eigenvalue weighted by Crippen LogP contribution is -2.29. The molecule has 1 aromatic rings. The van der Waals surface area contributed by atoms with Gasteiger partial charge in [0.1, 0.15) is 0 Å². The highest BCUT2D eigenvalue weighted by atomic mass is 15.2. The number of rotatable bonds is 2. The smallest absolute Gasteiger partial charge is 0.0992 e. The van der Waals surface area contributed by atoms with Crippen LogP contribution in [0.4, 0.5) is 11.4 Å². The second kappa shape index (κ2) is 4.44. The third-order valence-electron chi connectivity index (χ3n) is 3.31. The first kappa shape index (κ1) is 10.8. The Balaban J connectivity index is 2.30. The van der Waals surface area contributed by atoms with Crippen LogP contribution in [0.15, 0.2) is 18.2 Å². The van der Waals surface area contributed by atoms with Gasteiger partial charge in [-0.25, -0.2) is 0 Å². The summed E-state index contributed by atoms with van der Waals surface area (Å²) in [6.07, 6.45) is 3.63. The van der Waals surface area contributed by atoms with E-state index in [1.54, 1.807) is 6.07 Å². The first-order chi connectivity index (χ1) is 7.76. The summed E-state index contributed by atoms with van der Waals surface area (Å²) in [6.45, 7) is 3.29. The number of hydrogen-bond acceptors (Lipinski definition) is 3. The van der Waals surface area contributed by atoms with Crippen LogP contribution in [-0.2, 0) is 0 Å². The maximum atomic E-state index is 8.80. The summed E-state index contributed by atoms with van der Waals surface area (Å²) in [5.41, 5.74) is 8.44. The summed E-state index contributed by atoms with van der Waals surface area (Å²) < 4.78 is 0. The number of nitrogens with two attached hydrogens (primary N) is 1. The SMILES string of the molecule is CCC1CCCN1c1ccc(C#N)cc1N. The Kier molecular flexibility index (Phi) is 3.00. The third kappa shape index (κ3) is 1.83. The number of nitriles is 1. The molecule has 1 unspecified atom stereocenters. The zero-order valence-corrected chi connectivity index (χ0v) is 9.61. The average Bonchev–Trinajstić information content (AvgIpc) is 2.76. The molecule has 0 amide bonds. The van der Waals surface area contributed by atoms with Crippen molar-refractivity contribution in [2.24, 2.45) is 0 Å². The summed E-state index contributed by atoms with van der Waals surface area (Å²) in [6, 6.07) is 8.30. The van der Waals surface area contributed by atoms with Crippen molar-refractivity contribution in [3.8, 4) is 6.07 Å². The van der Waals surface area contributed by atoms with Gasteiger partial charge < -0.3 is 10.6 Å². The Morgan fingerprint density at radius 3 is 3.00 bits per heavy atom. The van der Waals surface area contributed by atoms with E-state index in [1.807, 2.05) is 12.1 Å². The normalized spacial score (nSPS) is 19.8. The molecule has 1 aliphatic heterocycles.